The number of sulfonamides is 1. The predicted molar refractivity (Wildman–Crippen MR) is 134 cm³/mol. The molecule has 0 bridgehead atoms. The standard InChI is InChI=1S/C26H29N3O6S/c1-15-8-16(2)14-29(13-15)36(30,31)21-6-7-23-22(12-21)17(3)24(34-23)26-27-25(28-35-26)18-9-19(32-4)11-20(10-18)33-5/h6-7,9-12,15-16H,8,13-14H2,1-5H3/t15-,16-/m1/s1. The number of ether oxygens (including phenoxy) is 2. The molecule has 0 saturated carbocycles. The summed E-state index contributed by atoms with van der Waals surface area (Å²) >= 11 is 0. The highest BCUT2D eigenvalue weighted by atomic mass is 32.2. The van der Waals surface area contributed by atoms with Crippen molar-refractivity contribution < 1.29 is 26.8 Å². The third kappa shape index (κ3) is 4.35. The van der Waals surface area contributed by atoms with Crippen molar-refractivity contribution in [2.75, 3.05) is 27.3 Å². The molecule has 0 spiro atoms. The molecular formula is C26H29N3O6S. The van der Waals surface area contributed by atoms with E-state index in [0.29, 0.717) is 64.5 Å². The van der Waals surface area contributed by atoms with Crippen LogP contribution in [0.5, 0.6) is 11.5 Å². The van der Waals surface area contributed by atoms with E-state index in [4.69, 9.17) is 18.4 Å². The fourth-order valence-corrected chi connectivity index (χ4v) is 6.59. The average Bonchev–Trinajstić information content (AvgIpc) is 3.47. The molecule has 5 rings (SSSR count). The van der Waals surface area contributed by atoms with Crippen molar-refractivity contribution in [1.29, 1.82) is 0 Å². The van der Waals surface area contributed by atoms with Gasteiger partial charge in [0.1, 0.15) is 17.1 Å². The van der Waals surface area contributed by atoms with E-state index in [9.17, 15) is 8.42 Å². The van der Waals surface area contributed by atoms with Gasteiger partial charge in [-0.2, -0.15) is 9.29 Å². The number of benzene rings is 2. The fraction of sp³-hybridized carbons (Fsp3) is 0.385. The molecule has 0 unspecified atom stereocenters. The van der Waals surface area contributed by atoms with E-state index in [1.807, 2.05) is 6.92 Å². The van der Waals surface area contributed by atoms with Gasteiger partial charge in [-0.05, 0) is 55.5 Å². The first-order chi connectivity index (χ1) is 17.2. The van der Waals surface area contributed by atoms with Gasteiger partial charge in [-0.3, -0.25) is 0 Å². The van der Waals surface area contributed by atoms with Crippen LogP contribution < -0.4 is 9.47 Å². The van der Waals surface area contributed by atoms with Crippen LogP contribution in [0, 0.1) is 18.8 Å². The zero-order chi connectivity index (χ0) is 25.6. The summed E-state index contributed by atoms with van der Waals surface area (Å²) in [5, 5.41) is 4.78. The number of aromatic nitrogens is 2. The maximum absolute atomic E-state index is 13.4. The smallest absolute Gasteiger partial charge is 0.294 e. The Morgan fingerprint density at radius 1 is 1.00 bits per heavy atom. The summed E-state index contributed by atoms with van der Waals surface area (Å²) in [5.74, 6) is 2.79. The van der Waals surface area contributed by atoms with Crippen LogP contribution in [0.1, 0.15) is 25.8 Å². The summed E-state index contributed by atoms with van der Waals surface area (Å²) in [5.41, 5.74) is 1.93. The molecule has 0 N–H and O–H groups in total. The van der Waals surface area contributed by atoms with Gasteiger partial charge in [0.15, 0.2) is 5.76 Å². The number of methoxy groups -OCH3 is 2. The minimum absolute atomic E-state index is 0.198. The molecular weight excluding hydrogens is 482 g/mol. The lowest BCUT2D eigenvalue weighted by molar-refractivity contribution is 0.222. The summed E-state index contributed by atoms with van der Waals surface area (Å²) in [4.78, 5) is 4.76. The fourth-order valence-electron chi connectivity index (χ4n) is 4.89. The first kappa shape index (κ1) is 24.3. The first-order valence-corrected chi connectivity index (χ1v) is 13.2. The van der Waals surface area contributed by atoms with Gasteiger partial charge in [-0.15, -0.1) is 0 Å². The van der Waals surface area contributed by atoms with Crippen LogP contribution in [0.2, 0.25) is 0 Å². The van der Waals surface area contributed by atoms with Crippen LogP contribution in [-0.4, -0.2) is 50.2 Å². The number of rotatable bonds is 6. The zero-order valence-corrected chi connectivity index (χ0v) is 21.8. The van der Waals surface area contributed by atoms with E-state index < -0.39 is 10.0 Å². The molecule has 190 valence electrons. The molecule has 1 aliphatic heterocycles. The maximum atomic E-state index is 13.4. The molecule has 1 aliphatic rings. The number of aryl methyl sites for hydroxylation is 1. The highest BCUT2D eigenvalue weighted by molar-refractivity contribution is 7.89. The molecule has 9 nitrogen and oxygen atoms in total. The second kappa shape index (κ2) is 9.25. The van der Waals surface area contributed by atoms with Gasteiger partial charge in [-0.25, -0.2) is 8.42 Å². The van der Waals surface area contributed by atoms with Crippen molar-refractivity contribution >= 4 is 21.0 Å². The van der Waals surface area contributed by atoms with Crippen LogP contribution >= 0.6 is 0 Å². The number of hydrogen-bond donors (Lipinski definition) is 0. The topological polar surface area (TPSA) is 108 Å². The minimum atomic E-state index is -3.62. The minimum Gasteiger partial charge on any atom is -0.497 e. The Hall–Kier alpha value is -3.37. The zero-order valence-electron chi connectivity index (χ0n) is 20.9. The molecule has 2 aromatic carbocycles. The average molecular weight is 512 g/mol. The third-order valence-electron chi connectivity index (χ3n) is 6.61. The van der Waals surface area contributed by atoms with Gasteiger partial charge >= 0.3 is 0 Å². The van der Waals surface area contributed by atoms with Crippen LogP contribution in [0.3, 0.4) is 0 Å². The lowest BCUT2D eigenvalue weighted by atomic mass is 9.94. The Kier molecular flexibility index (Phi) is 6.25. The van der Waals surface area contributed by atoms with E-state index in [0.717, 1.165) is 12.0 Å². The molecule has 10 heteroatoms. The van der Waals surface area contributed by atoms with Crippen molar-refractivity contribution in [1.82, 2.24) is 14.4 Å². The maximum Gasteiger partial charge on any atom is 0.294 e. The molecule has 0 aliphatic carbocycles. The van der Waals surface area contributed by atoms with Crippen molar-refractivity contribution in [3.63, 3.8) is 0 Å². The van der Waals surface area contributed by atoms with Crippen LogP contribution in [-0.2, 0) is 10.0 Å². The normalized spacial score (nSPS) is 19.0. The van der Waals surface area contributed by atoms with E-state index in [1.54, 1.807) is 54.9 Å². The number of hydrogen-bond acceptors (Lipinski definition) is 8. The largest absolute Gasteiger partial charge is 0.497 e. The monoisotopic (exact) mass is 511 g/mol. The second-order valence-electron chi connectivity index (χ2n) is 9.51. The summed E-state index contributed by atoms with van der Waals surface area (Å²) in [7, 11) is -0.483. The Labute approximate surface area is 210 Å². The number of nitrogens with zero attached hydrogens (tertiary/aromatic N) is 3. The first-order valence-electron chi connectivity index (χ1n) is 11.8. The van der Waals surface area contributed by atoms with E-state index in [1.165, 1.54) is 0 Å². The highest BCUT2D eigenvalue weighted by Gasteiger charge is 2.32. The second-order valence-corrected chi connectivity index (χ2v) is 11.4. The molecule has 2 atom stereocenters. The lowest BCUT2D eigenvalue weighted by Crippen LogP contribution is -2.42. The molecule has 2 aromatic heterocycles. The quantitative estimate of drug-likeness (QED) is 0.350. The Morgan fingerprint density at radius 2 is 1.67 bits per heavy atom. The Morgan fingerprint density at radius 3 is 2.31 bits per heavy atom. The molecule has 0 radical (unpaired) electrons. The SMILES string of the molecule is COc1cc(OC)cc(-c2noc(-c3oc4ccc(S(=O)(=O)N5C[C@H](C)C[C@@H](C)C5)cc4c3C)n2)c1. The van der Waals surface area contributed by atoms with Gasteiger partial charge < -0.3 is 18.4 Å². The van der Waals surface area contributed by atoms with Crippen molar-refractivity contribution in [2.24, 2.45) is 11.8 Å². The van der Waals surface area contributed by atoms with Crippen molar-refractivity contribution in [2.45, 2.75) is 32.1 Å². The Balaban J connectivity index is 1.50. The van der Waals surface area contributed by atoms with Crippen LogP contribution in [0.25, 0.3) is 34.0 Å². The van der Waals surface area contributed by atoms with Crippen molar-refractivity contribution in [3.05, 3.63) is 42.0 Å². The number of piperidine rings is 1. The van der Waals surface area contributed by atoms with Crippen LogP contribution in [0.15, 0.2) is 50.2 Å². The van der Waals surface area contributed by atoms with Gasteiger partial charge in [0.25, 0.3) is 5.89 Å². The van der Waals surface area contributed by atoms with Crippen molar-refractivity contribution in [3.8, 4) is 34.5 Å². The third-order valence-corrected chi connectivity index (χ3v) is 8.44. The molecule has 1 fully saturated rings. The van der Waals surface area contributed by atoms with Gasteiger partial charge in [0.05, 0.1) is 19.1 Å². The Bertz CT molecular complexity index is 1490. The molecule has 1 saturated heterocycles. The van der Waals surface area contributed by atoms with E-state index in [-0.39, 0.29) is 10.8 Å². The summed E-state index contributed by atoms with van der Waals surface area (Å²) in [6.07, 6.45) is 1.03. The van der Waals surface area contributed by atoms with E-state index in [2.05, 4.69) is 24.0 Å². The van der Waals surface area contributed by atoms with E-state index >= 15 is 0 Å². The summed E-state index contributed by atoms with van der Waals surface area (Å²) < 4.78 is 50.6. The molecule has 0 amide bonds. The molecule has 3 heterocycles. The molecule has 4 aromatic rings. The van der Waals surface area contributed by atoms with Crippen LogP contribution in [0.4, 0.5) is 0 Å². The van der Waals surface area contributed by atoms with Gasteiger partial charge in [-0.1, -0.05) is 19.0 Å². The lowest BCUT2D eigenvalue weighted by Gasteiger charge is -2.34. The van der Waals surface area contributed by atoms with Gasteiger partial charge in [0, 0.05) is 35.7 Å². The predicted octanol–water partition coefficient (Wildman–Crippen LogP) is 5.14. The summed E-state index contributed by atoms with van der Waals surface area (Å²) in [6, 6.07) is 10.3. The summed E-state index contributed by atoms with van der Waals surface area (Å²) in [6.45, 7) is 7.09. The molecule has 36 heavy (non-hydrogen) atoms. The van der Waals surface area contributed by atoms with Gasteiger partial charge in [0.2, 0.25) is 15.8 Å². The number of furan rings is 1. The number of fused-ring (bicyclic) bond motifs is 1. The highest BCUT2D eigenvalue weighted by Crippen LogP contribution is 2.36.